The second-order valence-electron chi connectivity index (χ2n) is 5.62. The number of rotatable bonds is 5. The maximum atomic E-state index is 8.54. The topological polar surface area (TPSA) is 48.3 Å². The van der Waals surface area contributed by atoms with Crippen LogP contribution in [-0.4, -0.2) is 36.7 Å². The minimum Gasteiger partial charge on any atom is -0.479 e. The van der Waals surface area contributed by atoms with E-state index in [1.165, 1.54) is 37.9 Å². The SMILES string of the molecule is N#CCOc1cccc(CNC2CCN3CCCC23)c1. The third-order valence-electron chi connectivity index (χ3n) is 4.38. The van der Waals surface area contributed by atoms with Crippen LogP contribution < -0.4 is 10.1 Å². The van der Waals surface area contributed by atoms with Crippen LogP contribution in [0.3, 0.4) is 0 Å². The van der Waals surface area contributed by atoms with E-state index in [1.54, 1.807) is 0 Å². The Morgan fingerprint density at radius 1 is 1.35 bits per heavy atom. The molecule has 1 aromatic carbocycles. The number of ether oxygens (including phenoxy) is 1. The summed E-state index contributed by atoms with van der Waals surface area (Å²) in [6.45, 7) is 3.50. The van der Waals surface area contributed by atoms with Gasteiger partial charge < -0.3 is 10.1 Å². The van der Waals surface area contributed by atoms with Crippen molar-refractivity contribution in [1.82, 2.24) is 10.2 Å². The summed E-state index contributed by atoms with van der Waals surface area (Å²) in [5, 5.41) is 12.2. The van der Waals surface area contributed by atoms with Gasteiger partial charge in [-0.2, -0.15) is 5.26 Å². The fraction of sp³-hybridized carbons (Fsp3) is 0.562. The van der Waals surface area contributed by atoms with Gasteiger partial charge in [-0.15, -0.1) is 0 Å². The number of nitrogens with one attached hydrogen (secondary N) is 1. The van der Waals surface area contributed by atoms with Gasteiger partial charge in [-0.1, -0.05) is 12.1 Å². The molecule has 1 aromatic rings. The normalized spacial score (nSPS) is 25.4. The highest BCUT2D eigenvalue weighted by atomic mass is 16.5. The molecule has 2 fully saturated rings. The van der Waals surface area contributed by atoms with Gasteiger partial charge in [-0.3, -0.25) is 4.90 Å². The van der Waals surface area contributed by atoms with Crippen LogP contribution in [0.15, 0.2) is 24.3 Å². The third-order valence-corrected chi connectivity index (χ3v) is 4.38. The maximum absolute atomic E-state index is 8.54. The molecule has 0 amide bonds. The molecule has 0 bridgehead atoms. The van der Waals surface area contributed by atoms with Crippen molar-refractivity contribution in [2.45, 2.75) is 37.9 Å². The minimum absolute atomic E-state index is 0.108. The molecular weight excluding hydrogens is 250 g/mol. The van der Waals surface area contributed by atoms with Gasteiger partial charge in [0, 0.05) is 25.2 Å². The monoisotopic (exact) mass is 271 g/mol. The zero-order valence-corrected chi connectivity index (χ0v) is 11.7. The Balaban J connectivity index is 1.54. The Morgan fingerprint density at radius 2 is 2.30 bits per heavy atom. The van der Waals surface area contributed by atoms with Crippen molar-refractivity contribution in [3.8, 4) is 11.8 Å². The molecule has 0 aromatic heterocycles. The van der Waals surface area contributed by atoms with Gasteiger partial charge in [-0.05, 0) is 43.5 Å². The van der Waals surface area contributed by atoms with Crippen molar-refractivity contribution in [1.29, 1.82) is 5.26 Å². The maximum Gasteiger partial charge on any atom is 0.174 e. The van der Waals surface area contributed by atoms with Crippen LogP contribution in [0.25, 0.3) is 0 Å². The van der Waals surface area contributed by atoms with E-state index in [0.29, 0.717) is 6.04 Å². The molecule has 0 spiro atoms. The van der Waals surface area contributed by atoms with Crippen molar-refractivity contribution >= 4 is 0 Å². The molecular formula is C16H21N3O. The van der Waals surface area contributed by atoms with E-state index in [9.17, 15) is 0 Å². The summed E-state index contributed by atoms with van der Waals surface area (Å²) in [4.78, 5) is 2.62. The highest BCUT2D eigenvalue weighted by molar-refractivity contribution is 5.28. The number of nitriles is 1. The molecule has 106 valence electrons. The van der Waals surface area contributed by atoms with Gasteiger partial charge in [0.15, 0.2) is 6.61 Å². The summed E-state index contributed by atoms with van der Waals surface area (Å²) >= 11 is 0. The molecule has 2 aliphatic rings. The quantitative estimate of drug-likeness (QED) is 0.889. The lowest BCUT2D eigenvalue weighted by Crippen LogP contribution is -2.38. The van der Waals surface area contributed by atoms with E-state index in [1.807, 2.05) is 24.3 Å². The fourth-order valence-electron chi connectivity index (χ4n) is 3.43. The lowest BCUT2D eigenvalue weighted by Gasteiger charge is -2.21. The minimum atomic E-state index is 0.108. The lowest BCUT2D eigenvalue weighted by atomic mass is 10.1. The number of fused-ring (bicyclic) bond motifs is 1. The summed E-state index contributed by atoms with van der Waals surface area (Å²) in [6.07, 6.45) is 3.94. The molecule has 3 rings (SSSR count). The zero-order chi connectivity index (χ0) is 13.8. The summed E-state index contributed by atoms with van der Waals surface area (Å²) in [5.41, 5.74) is 1.22. The molecule has 0 saturated carbocycles. The Labute approximate surface area is 120 Å². The van der Waals surface area contributed by atoms with Crippen LogP contribution in [0.2, 0.25) is 0 Å². The third kappa shape index (κ3) is 2.95. The van der Waals surface area contributed by atoms with Crippen LogP contribution in [0.4, 0.5) is 0 Å². The molecule has 1 N–H and O–H groups in total. The van der Waals surface area contributed by atoms with Gasteiger partial charge in [0.2, 0.25) is 0 Å². The number of benzene rings is 1. The summed E-state index contributed by atoms with van der Waals surface area (Å²) in [7, 11) is 0. The lowest BCUT2D eigenvalue weighted by molar-refractivity contribution is 0.298. The smallest absolute Gasteiger partial charge is 0.174 e. The molecule has 4 heteroatoms. The summed E-state index contributed by atoms with van der Waals surface area (Å²) < 4.78 is 5.34. The Kier molecular flexibility index (Phi) is 4.19. The van der Waals surface area contributed by atoms with Gasteiger partial charge in [0.05, 0.1) is 0 Å². The Bertz CT molecular complexity index is 497. The Hall–Kier alpha value is -1.57. The van der Waals surface area contributed by atoms with Gasteiger partial charge in [0.1, 0.15) is 11.8 Å². The second-order valence-corrected chi connectivity index (χ2v) is 5.62. The van der Waals surface area contributed by atoms with E-state index in [2.05, 4.69) is 16.3 Å². The second kappa shape index (κ2) is 6.25. The summed E-state index contributed by atoms with van der Waals surface area (Å²) in [5.74, 6) is 0.778. The van der Waals surface area contributed by atoms with Crippen LogP contribution in [0.5, 0.6) is 5.75 Å². The first-order valence-corrected chi connectivity index (χ1v) is 7.43. The van der Waals surface area contributed by atoms with E-state index >= 15 is 0 Å². The number of hydrogen-bond donors (Lipinski definition) is 1. The fourth-order valence-corrected chi connectivity index (χ4v) is 3.43. The molecule has 2 aliphatic heterocycles. The summed E-state index contributed by atoms with van der Waals surface area (Å²) in [6, 6.07) is 11.4. The average molecular weight is 271 g/mol. The molecule has 20 heavy (non-hydrogen) atoms. The molecule has 4 nitrogen and oxygen atoms in total. The molecule has 0 radical (unpaired) electrons. The van der Waals surface area contributed by atoms with Crippen molar-refractivity contribution < 1.29 is 4.74 Å². The van der Waals surface area contributed by atoms with E-state index in [0.717, 1.165) is 18.3 Å². The van der Waals surface area contributed by atoms with Crippen molar-refractivity contribution in [2.75, 3.05) is 19.7 Å². The number of nitrogens with zero attached hydrogens (tertiary/aromatic N) is 2. The first-order chi connectivity index (χ1) is 9.86. The van der Waals surface area contributed by atoms with Crippen molar-refractivity contribution in [2.24, 2.45) is 0 Å². The van der Waals surface area contributed by atoms with Crippen molar-refractivity contribution in [3.05, 3.63) is 29.8 Å². The average Bonchev–Trinajstić information content (AvgIpc) is 3.07. The first kappa shape index (κ1) is 13.4. The van der Waals surface area contributed by atoms with Crippen molar-refractivity contribution in [3.63, 3.8) is 0 Å². The molecule has 2 saturated heterocycles. The van der Waals surface area contributed by atoms with Crippen LogP contribution in [-0.2, 0) is 6.54 Å². The highest BCUT2D eigenvalue weighted by Crippen LogP contribution is 2.28. The standard InChI is InChI=1S/C16H21N3O/c17-7-10-20-14-4-1-3-13(11-14)12-18-15-6-9-19-8-2-5-16(15)19/h1,3-4,11,15-16,18H,2,5-6,8-10,12H2. The predicted molar refractivity (Wildman–Crippen MR) is 77.4 cm³/mol. The molecule has 0 aliphatic carbocycles. The zero-order valence-electron chi connectivity index (χ0n) is 11.7. The highest BCUT2D eigenvalue weighted by Gasteiger charge is 2.36. The van der Waals surface area contributed by atoms with Gasteiger partial charge in [0.25, 0.3) is 0 Å². The van der Waals surface area contributed by atoms with E-state index in [-0.39, 0.29) is 6.61 Å². The predicted octanol–water partition coefficient (Wildman–Crippen LogP) is 1.92. The largest absolute Gasteiger partial charge is 0.479 e. The Morgan fingerprint density at radius 3 is 3.20 bits per heavy atom. The van der Waals surface area contributed by atoms with Crippen LogP contribution in [0.1, 0.15) is 24.8 Å². The first-order valence-electron chi connectivity index (χ1n) is 7.43. The van der Waals surface area contributed by atoms with E-state index in [4.69, 9.17) is 10.00 Å². The molecule has 2 atom stereocenters. The van der Waals surface area contributed by atoms with Gasteiger partial charge in [-0.25, -0.2) is 0 Å². The van der Waals surface area contributed by atoms with E-state index < -0.39 is 0 Å². The number of hydrogen-bond acceptors (Lipinski definition) is 4. The molecule has 2 heterocycles. The van der Waals surface area contributed by atoms with Gasteiger partial charge >= 0.3 is 0 Å². The van der Waals surface area contributed by atoms with Crippen LogP contribution >= 0.6 is 0 Å². The van der Waals surface area contributed by atoms with Crippen LogP contribution in [0, 0.1) is 11.3 Å². The molecule has 2 unspecified atom stereocenters.